The van der Waals surface area contributed by atoms with Crippen LogP contribution in [-0.4, -0.2) is 50.2 Å². The van der Waals surface area contributed by atoms with E-state index in [1.807, 2.05) is 11.8 Å². The van der Waals surface area contributed by atoms with E-state index >= 15 is 0 Å². The molecule has 0 bridgehead atoms. The van der Waals surface area contributed by atoms with Gasteiger partial charge in [0.15, 0.2) is 0 Å². The van der Waals surface area contributed by atoms with Gasteiger partial charge >= 0.3 is 0 Å². The highest BCUT2D eigenvalue weighted by Gasteiger charge is 2.31. The molecule has 1 aliphatic rings. The zero-order chi connectivity index (χ0) is 16.4. The highest BCUT2D eigenvalue weighted by Crippen LogP contribution is 2.28. The van der Waals surface area contributed by atoms with Gasteiger partial charge in [0, 0.05) is 0 Å². The minimum absolute atomic E-state index is 0.00315. The Morgan fingerprint density at radius 3 is 2.96 bits per heavy atom. The molecule has 1 amide bonds. The average molecular weight is 315 g/mol. The second-order valence-corrected chi connectivity index (χ2v) is 6.08. The SMILES string of the molecule is Cc1ccc(C)c(C2CN(C(=O)Cn3cnnn3)C(C)CO2)c1. The molecule has 1 aromatic heterocycles. The highest BCUT2D eigenvalue weighted by molar-refractivity contribution is 5.76. The minimum atomic E-state index is -0.0936. The van der Waals surface area contributed by atoms with E-state index in [0.29, 0.717) is 13.2 Å². The average Bonchev–Trinajstić information content (AvgIpc) is 3.03. The Labute approximate surface area is 135 Å². The lowest BCUT2D eigenvalue weighted by atomic mass is 9.99. The lowest BCUT2D eigenvalue weighted by Gasteiger charge is -2.38. The van der Waals surface area contributed by atoms with E-state index in [9.17, 15) is 4.79 Å². The number of hydrogen-bond acceptors (Lipinski definition) is 5. The number of hydrogen-bond donors (Lipinski definition) is 0. The third-order valence-corrected chi connectivity index (χ3v) is 4.22. The minimum Gasteiger partial charge on any atom is -0.370 e. The van der Waals surface area contributed by atoms with Gasteiger partial charge in [-0.05, 0) is 42.3 Å². The van der Waals surface area contributed by atoms with E-state index in [4.69, 9.17) is 4.74 Å². The van der Waals surface area contributed by atoms with Gasteiger partial charge in [-0.2, -0.15) is 0 Å². The van der Waals surface area contributed by atoms with Gasteiger partial charge in [0.05, 0.1) is 19.2 Å². The summed E-state index contributed by atoms with van der Waals surface area (Å²) >= 11 is 0. The van der Waals surface area contributed by atoms with Crippen LogP contribution in [-0.2, 0) is 16.1 Å². The molecule has 1 aliphatic heterocycles. The van der Waals surface area contributed by atoms with Crippen LogP contribution in [0.4, 0.5) is 0 Å². The van der Waals surface area contributed by atoms with E-state index in [0.717, 1.165) is 5.56 Å². The summed E-state index contributed by atoms with van der Waals surface area (Å²) in [6.45, 7) is 7.36. The molecule has 3 rings (SSSR count). The number of benzene rings is 1. The zero-order valence-corrected chi connectivity index (χ0v) is 13.6. The Morgan fingerprint density at radius 1 is 1.39 bits per heavy atom. The molecule has 122 valence electrons. The number of aromatic nitrogens is 4. The first kappa shape index (κ1) is 15.6. The van der Waals surface area contributed by atoms with Gasteiger partial charge in [0.1, 0.15) is 19.0 Å². The number of carbonyl (C=O) groups excluding carboxylic acids is 1. The van der Waals surface area contributed by atoms with Crippen LogP contribution >= 0.6 is 0 Å². The van der Waals surface area contributed by atoms with Crippen molar-refractivity contribution < 1.29 is 9.53 Å². The molecule has 0 radical (unpaired) electrons. The van der Waals surface area contributed by atoms with E-state index < -0.39 is 0 Å². The smallest absolute Gasteiger partial charge is 0.244 e. The zero-order valence-electron chi connectivity index (χ0n) is 13.6. The van der Waals surface area contributed by atoms with Crippen LogP contribution in [0.15, 0.2) is 24.5 Å². The Hall–Kier alpha value is -2.28. The molecule has 7 heteroatoms. The topological polar surface area (TPSA) is 73.1 Å². The number of amides is 1. The van der Waals surface area contributed by atoms with Crippen molar-refractivity contribution in [2.45, 2.75) is 39.5 Å². The van der Waals surface area contributed by atoms with Crippen molar-refractivity contribution in [3.63, 3.8) is 0 Å². The third-order valence-electron chi connectivity index (χ3n) is 4.22. The Kier molecular flexibility index (Phi) is 4.38. The summed E-state index contributed by atoms with van der Waals surface area (Å²) in [5.41, 5.74) is 3.53. The van der Waals surface area contributed by atoms with Crippen molar-refractivity contribution in [2.75, 3.05) is 13.2 Å². The fraction of sp³-hybridized carbons (Fsp3) is 0.500. The Morgan fingerprint density at radius 2 is 2.22 bits per heavy atom. The van der Waals surface area contributed by atoms with Gasteiger partial charge in [-0.3, -0.25) is 4.79 Å². The first-order chi connectivity index (χ1) is 11.0. The molecule has 2 heterocycles. The highest BCUT2D eigenvalue weighted by atomic mass is 16.5. The normalized spacial score (nSPS) is 21.4. The summed E-state index contributed by atoms with van der Waals surface area (Å²) in [4.78, 5) is 14.4. The molecule has 0 N–H and O–H groups in total. The molecule has 1 saturated heterocycles. The molecule has 2 atom stereocenters. The van der Waals surface area contributed by atoms with E-state index in [1.54, 1.807) is 0 Å². The van der Waals surface area contributed by atoms with Crippen LogP contribution in [0.25, 0.3) is 0 Å². The first-order valence-corrected chi connectivity index (χ1v) is 7.73. The van der Waals surface area contributed by atoms with Crippen LogP contribution in [0, 0.1) is 13.8 Å². The maximum absolute atomic E-state index is 12.6. The molecule has 0 spiro atoms. The summed E-state index contributed by atoms with van der Waals surface area (Å²) in [5, 5.41) is 10.9. The largest absolute Gasteiger partial charge is 0.370 e. The molecule has 0 aliphatic carbocycles. The number of rotatable bonds is 3. The fourth-order valence-corrected chi connectivity index (χ4v) is 2.88. The van der Waals surface area contributed by atoms with Crippen LogP contribution in [0.5, 0.6) is 0 Å². The molecular formula is C16H21N5O2. The molecular weight excluding hydrogens is 294 g/mol. The second-order valence-electron chi connectivity index (χ2n) is 6.08. The van der Waals surface area contributed by atoms with Crippen molar-refractivity contribution in [2.24, 2.45) is 0 Å². The maximum atomic E-state index is 12.6. The summed E-state index contributed by atoms with van der Waals surface area (Å²) < 4.78 is 7.43. The Bertz CT molecular complexity index is 686. The molecule has 1 aromatic carbocycles. The molecule has 2 aromatic rings. The van der Waals surface area contributed by atoms with Crippen molar-refractivity contribution in [3.8, 4) is 0 Å². The van der Waals surface area contributed by atoms with Gasteiger partial charge in [-0.25, -0.2) is 4.68 Å². The molecule has 2 unspecified atom stereocenters. The standard InChI is InChI=1S/C16H21N5O2/c1-11-4-5-12(2)14(6-11)15-7-21(13(3)9-23-15)16(22)8-20-10-17-18-19-20/h4-6,10,13,15H,7-9H2,1-3H3. The van der Waals surface area contributed by atoms with Crippen molar-refractivity contribution >= 4 is 5.91 Å². The molecule has 1 fully saturated rings. The summed E-state index contributed by atoms with van der Waals surface area (Å²) in [6.07, 6.45) is 1.36. The van der Waals surface area contributed by atoms with Crippen LogP contribution in [0.1, 0.15) is 29.7 Å². The van der Waals surface area contributed by atoms with Gasteiger partial charge in [-0.15, -0.1) is 5.10 Å². The lowest BCUT2D eigenvalue weighted by molar-refractivity contribution is -0.145. The van der Waals surface area contributed by atoms with Crippen LogP contribution < -0.4 is 0 Å². The number of aryl methyl sites for hydroxylation is 2. The second kappa shape index (κ2) is 6.45. The summed E-state index contributed by atoms with van der Waals surface area (Å²) in [7, 11) is 0. The molecule has 23 heavy (non-hydrogen) atoms. The van der Waals surface area contributed by atoms with Gasteiger partial charge < -0.3 is 9.64 Å². The first-order valence-electron chi connectivity index (χ1n) is 7.73. The van der Waals surface area contributed by atoms with E-state index in [1.165, 1.54) is 22.1 Å². The van der Waals surface area contributed by atoms with Crippen LogP contribution in [0.2, 0.25) is 0 Å². The molecule has 7 nitrogen and oxygen atoms in total. The summed E-state index contributed by atoms with van der Waals surface area (Å²) in [5.74, 6) is 0.00315. The fourth-order valence-electron chi connectivity index (χ4n) is 2.88. The van der Waals surface area contributed by atoms with Gasteiger partial charge in [0.2, 0.25) is 5.91 Å². The van der Waals surface area contributed by atoms with E-state index in [2.05, 4.69) is 47.6 Å². The number of tetrazole rings is 1. The maximum Gasteiger partial charge on any atom is 0.244 e. The quantitative estimate of drug-likeness (QED) is 0.853. The van der Waals surface area contributed by atoms with Gasteiger partial charge in [-0.1, -0.05) is 23.8 Å². The number of ether oxygens (including phenoxy) is 1. The number of nitrogens with zero attached hydrogens (tertiary/aromatic N) is 5. The van der Waals surface area contributed by atoms with Crippen LogP contribution in [0.3, 0.4) is 0 Å². The van der Waals surface area contributed by atoms with Crippen molar-refractivity contribution in [1.82, 2.24) is 25.1 Å². The number of morpholine rings is 1. The third kappa shape index (κ3) is 3.39. The monoisotopic (exact) mass is 315 g/mol. The summed E-state index contributed by atoms with van der Waals surface area (Å²) in [6, 6.07) is 6.37. The predicted octanol–water partition coefficient (Wildman–Crippen LogP) is 1.28. The number of carbonyl (C=O) groups is 1. The van der Waals surface area contributed by atoms with E-state index in [-0.39, 0.29) is 24.6 Å². The lowest BCUT2D eigenvalue weighted by Crippen LogP contribution is -2.49. The Balaban J connectivity index is 1.76. The van der Waals surface area contributed by atoms with Crippen molar-refractivity contribution in [3.05, 3.63) is 41.2 Å². The van der Waals surface area contributed by atoms with Crippen molar-refractivity contribution in [1.29, 1.82) is 0 Å². The predicted molar refractivity (Wildman–Crippen MR) is 83.6 cm³/mol. The molecule has 0 saturated carbocycles. The van der Waals surface area contributed by atoms with Gasteiger partial charge in [0.25, 0.3) is 0 Å².